The summed E-state index contributed by atoms with van der Waals surface area (Å²) in [6.45, 7) is 0.233. The molecule has 0 aliphatic carbocycles. The summed E-state index contributed by atoms with van der Waals surface area (Å²) in [4.78, 5) is 28.7. The number of carbonyl (C=O) groups is 2. The molecule has 1 aliphatic rings. The number of imide groups is 1. The van der Waals surface area contributed by atoms with Gasteiger partial charge in [-0.05, 0) is 72.2 Å². The van der Waals surface area contributed by atoms with Crippen molar-refractivity contribution in [3.05, 3.63) is 126 Å². The fourth-order valence-corrected chi connectivity index (χ4v) is 4.23. The Morgan fingerprint density at radius 3 is 2.03 bits per heavy atom. The van der Waals surface area contributed by atoms with Crippen LogP contribution in [-0.2, 0) is 16.0 Å². The van der Waals surface area contributed by atoms with Gasteiger partial charge in [0, 0.05) is 23.6 Å². The van der Waals surface area contributed by atoms with Crippen LogP contribution >= 0.6 is 0 Å². The van der Waals surface area contributed by atoms with E-state index in [-0.39, 0.29) is 12.3 Å². The summed E-state index contributed by atoms with van der Waals surface area (Å²) in [5.41, 5.74) is 4.68. The highest BCUT2D eigenvalue weighted by molar-refractivity contribution is 6.10. The van der Waals surface area contributed by atoms with E-state index in [0.717, 1.165) is 38.8 Å². The number of para-hydroxylation sites is 2. The molecule has 37 heavy (non-hydrogen) atoms. The Morgan fingerprint density at radius 1 is 0.784 bits per heavy atom. The van der Waals surface area contributed by atoms with Crippen molar-refractivity contribution >= 4 is 35.1 Å². The number of carbonyl (C=O) groups excluding carboxylic acids is 2. The third-order valence-corrected chi connectivity index (χ3v) is 6.11. The van der Waals surface area contributed by atoms with Crippen molar-refractivity contribution in [1.29, 1.82) is 0 Å². The fraction of sp³-hybridized carbons (Fsp3) is 0.0968. The Hall–Kier alpha value is -4.84. The van der Waals surface area contributed by atoms with Gasteiger partial charge in [-0.1, -0.05) is 60.7 Å². The topological polar surface area (TPSA) is 59.1 Å². The van der Waals surface area contributed by atoms with Crippen LogP contribution in [0.25, 0.3) is 6.08 Å². The number of hydrogen-bond donors (Lipinski definition) is 0. The lowest BCUT2D eigenvalue weighted by molar-refractivity contribution is -0.123. The predicted octanol–water partition coefficient (Wildman–Crippen LogP) is 6.73. The zero-order valence-electron chi connectivity index (χ0n) is 20.4. The van der Waals surface area contributed by atoms with Crippen LogP contribution < -0.4 is 9.64 Å². The summed E-state index contributed by atoms with van der Waals surface area (Å²) < 4.78 is 10.5. The number of rotatable bonds is 8. The molecule has 0 spiro atoms. The number of methoxy groups -OCH3 is 1. The van der Waals surface area contributed by atoms with E-state index < -0.39 is 12.0 Å². The van der Waals surface area contributed by atoms with Gasteiger partial charge in [0.2, 0.25) is 0 Å². The molecule has 4 aromatic rings. The number of nitrogens with zero attached hydrogens (tertiary/aromatic N) is 2. The quantitative estimate of drug-likeness (QED) is 0.256. The zero-order chi connectivity index (χ0) is 25.6. The van der Waals surface area contributed by atoms with Crippen LogP contribution in [0.15, 0.2) is 115 Å². The molecule has 1 heterocycles. The molecule has 1 fully saturated rings. The third kappa shape index (κ3) is 5.38. The Kier molecular flexibility index (Phi) is 6.99. The fourth-order valence-electron chi connectivity index (χ4n) is 4.23. The highest BCUT2D eigenvalue weighted by Gasteiger charge is 2.36. The molecule has 0 saturated carbocycles. The maximum Gasteiger partial charge on any atom is 0.422 e. The number of hydrogen-bond acceptors (Lipinski definition) is 5. The summed E-state index contributed by atoms with van der Waals surface area (Å²) in [7, 11) is 1.61. The van der Waals surface area contributed by atoms with E-state index >= 15 is 0 Å². The Morgan fingerprint density at radius 2 is 1.41 bits per heavy atom. The van der Waals surface area contributed by atoms with Gasteiger partial charge in [0.1, 0.15) is 5.75 Å². The van der Waals surface area contributed by atoms with Crippen molar-refractivity contribution in [2.75, 3.05) is 18.6 Å². The van der Waals surface area contributed by atoms with Crippen LogP contribution in [0.2, 0.25) is 0 Å². The smallest absolute Gasteiger partial charge is 0.422 e. The Bertz CT molecular complexity index is 1380. The number of cyclic esters (lactones) is 1. The molecule has 0 N–H and O–H groups in total. The number of ether oxygens (including phenoxy) is 2. The Balaban J connectivity index is 1.37. The lowest BCUT2D eigenvalue weighted by Crippen LogP contribution is -2.30. The van der Waals surface area contributed by atoms with E-state index in [1.54, 1.807) is 13.2 Å². The Labute approximate surface area is 216 Å². The van der Waals surface area contributed by atoms with Gasteiger partial charge in [-0.15, -0.1) is 0 Å². The van der Waals surface area contributed by atoms with Crippen LogP contribution in [0.4, 0.5) is 21.9 Å². The van der Waals surface area contributed by atoms with Gasteiger partial charge < -0.3 is 14.4 Å². The minimum atomic E-state index is -0.656. The van der Waals surface area contributed by atoms with Crippen molar-refractivity contribution in [3.8, 4) is 5.75 Å². The standard InChI is InChI=1S/C31H26N2O4/c1-36-28-17-15-23(16-18-28)19-20-32-30(34)29(37-31(32)35)22-24-9-8-14-27(21-24)33(25-10-4-2-5-11-25)26-12-6-3-7-13-26/h2-18,21-22H,19-20H2,1H3/b29-22+. The number of anilines is 3. The molecule has 1 aliphatic heterocycles. The van der Waals surface area contributed by atoms with Crippen molar-refractivity contribution in [1.82, 2.24) is 4.90 Å². The molecule has 6 heteroatoms. The van der Waals surface area contributed by atoms with Crippen molar-refractivity contribution in [2.24, 2.45) is 0 Å². The first-order valence-corrected chi connectivity index (χ1v) is 12.0. The first-order chi connectivity index (χ1) is 18.1. The molecule has 2 amide bonds. The van der Waals surface area contributed by atoms with E-state index in [9.17, 15) is 9.59 Å². The largest absolute Gasteiger partial charge is 0.497 e. The second kappa shape index (κ2) is 10.8. The highest BCUT2D eigenvalue weighted by atomic mass is 16.6. The van der Waals surface area contributed by atoms with Crippen molar-refractivity contribution in [2.45, 2.75) is 6.42 Å². The second-order valence-electron chi connectivity index (χ2n) is 8.53. The molecule has 5 rings (SSSR count). The van der Waals surface area contributed by atoms with E-state index in [0.29, 0.717) is 6.42 Å². The van der Waals surface area contributed by atoms with Crippen LogP contribution in [0, 0.1) is 0 Å². The lowest BCUT2D eigenvalue weighted by atomic mass is 10.1. The molecule has 0 radical (unpaired) electrons. The van der Waals surface area contributed by atoms with Gasteiger partial charge in [0.05, 0.1) is 7.11 Å². The zero-order valence-corrected chi connectivity index (χ0v) is 20.4. The monoisotopic (exact) mass is 490 g/mol. The van der Waals surface area contributed by atoms with Gasteiger partial charge in [-0.2, -0.15) is 0 Å². The number of benzene rings is 4. The SMILES string of the molecule is COc1ccc(CCN2C(=O)O/C(=C/c3cccc(N(c4ccccc4)c4ccccc4)c3)C2=O)cc1. The summed E-state index contributed by atoms with van der Waals surface area (Å²) >= 11 is 0. The maximum atomic E-state index is 13.0. The molecule has 4 aromatic carbocycles. The molecule has 184 valence electrons. The van der Waals surface area contributed by atoms with Gasteiger partial charge >= 0.3 is 6.09 Å². The van der Waals surface area contributed by atoms with Crippen molar-refractivity contribution in [3.63, 3.8) is 0 Å². The molecule has 0 aromatic heterocycles. The van der Waals surface area contributed by atoms with Crippen LogP contribution in [0.1, 0.15) is 11.1 Å². The van der Waals surface area contributed by atoms with E-state index in [1.807, 2.05) is 109 Å². The van der Waals surface area contributed by atoms with Crippen molar-refractivity contribution < 1.29 is 19.1 Å². The number of amides is 2. The van der Waals surface area contributed by atoms with Gasteiger partial charge in [-0.25, -0.2) is 9.69 Å². The second-order valence-corrected chi connectivity index (χ2v) is 8.53. The molecular formula is C31H26N2O4. The van der Waals surface area contributed by atoms with Gasteiger partial charge in [-0.3, -0.25) is 4.79 Å². The summed E-state index contributed by atoms with van der Waals surface area (Å²) in [5.74, 6) is 0.334. The summed E-state index contributed by atoms with van der Waals surface area (Å²) in [5, 5.41) is 0. The molecule has 0 bridgehead atoms. The lowest BCUT2D eigenvalue weighted by Gasteiger charge is -2.25. The van der Waals surface area contributed by atoms with Crippen LogP contribution in [-0.4, -0.2) is 30.6 Å². The maximum absolute atomic E-state index is 13.0. The average Bonchev–Trinajstić information content (AvgIpc) is 3.21. The average molecular weight is 491 g/mol. The van der Waals surface area contributed by atoms with Gasteiger partial charge in [0.15, 0.2) is 5.76 Å². The molecule has 1 saturated heterocycles. The minimum absolute atomic E-state index is 0.0165. The first kappa shape index (κ1) is 23.9. The molecule has 0 atom stereocenters. The molecule has 0 unspecified atom stereocenters. The molecular weight excluding hydrogens is 464 g/mol. The van der Waals surface area contributed by atoms with Crippen LogP contribution in [0.5, 0.6) is 5.75 Å². The summed E-state index contributed by atoms with van der Waals surface area (Å²) in [6, 6.07) is 35.4. The first-order valence-electron chi connectivity index (χ1n) is 12.0. The highest BCUT2D eigenvalue weighted by Crippen LogP contribution is 2.35. The minimum Gasteiger partial charge on any atom is -0.497 e. The summed E-state index contributed by atoms with van der Waals surface area (Å²) in [6.07, 6.45) is 1.48. The van der Waals surface area contributed by atoms with E-state index in [1.165, 1.54) is 0 Å². The van der Waals surface area contributed by atoms with Gasteiger partial charge in [0.25, 0.3) is 5.91 Å². The van der Waals surface area contributed by atoms with Crippen LogP contribution in [0.3, 0.4) is 0 Å². The molecule has 6 nitrogen and oxygen atoms in total. The van der Waals surface area contributed by atoms with E-state index in [4.69, 9.17) is 9.47 Å². The predicted molar refractivity (Wildman–Crippen MR) is 144 cm³/mol. The van der Waals surface area contributed by atoms with E-state index in [2.05, 4.69) is 4.90 Å². The third-order valence-electron chi connectivity index (χ3n) is 6.11. The normalized spacial score (nSPS) is 14.1.